The molecular formula is C23H26BrN3O4. The zero-order chi connectivity index (χ0) is 21.8. The van der Waals surface area contributed by atoms with Crippen molar-refractivity contribution in [2.75, 3.05) is 38.8 Å². The maximum absolute atomic E-state index is 12.7. The highest BCUT2D eigenvalue weighted by Crippen LogP contribution is 2.33. The monoisotopic (exact) mass is 487 g/mol. The van der Waals surface area contributed by atoms with Crippen LogP contribution in [-0.4, -0.2) is 44.7 Å². The van der Waals surface area contributed by atoms with Crippen LogP contribution in [0.5, 0.6) is 11.5 Å². The number of aromatic nitrogens is 1. The molecule has 1 fully saturated rings. The fourth-order valence-corrected chi connectivity index (χ4v) is 4.40. The molecule has 4 rings (SSSR count). The molecular weight excluding hydrogens is 462 g/mol. The number of hydrogen-bond acceptors (Lipinski definition) is 6. The Morgan fingerprint density at radius 2 is 1.90 bits per heavy atom. The minimum absolute atomic E-state index is 0.00877. The lowest BCUT2D eigenvalue weighted by atomic mass is 9.96. The van der Waals surface area contributed by atoms with E-state index in [-0.39, 0.29) is 11.8 Å². The van der Waals surface area contributed by atoms with E-state index in [4.69, 9.17) is 13.9 Å². The number of carbonyl (C=O) groups excluding carboxylic acids is 1. The second-order valence-electron chi connectivity index (χ2n) is 7.57. The van der Waals surface area contributed by atoms with Crippen molar-refractivity contribution in [3.05, 3.63) is 46.4 Å². The summed E-state index contributed by atoms with van der Waals surface area (Å²) in [5.41, 5.74) is 2.71. The molecule has 0 saturated carbocycles. The Kier molecular flexibility index (Phi) is 6.65. The van der Waals surface area contributed by atoms with Crippen LogP contribution in [0.4, 0.5) is 6.01 Å². The lowest BCUT2D eigenvalue weighted by Gasteiger charge is -2.30. The van der Waals surface area contributed by atoms with Crippen molar-refractivity contribution in [3.63, 3.8) is 0 Å². The molecule has 31 heavy (non-hydrogen) atoms. The highest BCUT2D eigenvalue weighted by molar-refractivity contribution is 9.10. The van der Waals surface area contributed by atoms with Crippen LogP contribution in [0.1, 0.15) is 18.4 Å². The van der Waals surface area contributed by atoms with Gasteiger partial charge in [0.25, 0.3) is 6.01 Å². The Balaban J connectivity index is 1.28. The van der Waals surface area contributed by atoms with Crippen molar-refractivity contribution in [1.82, 2.24) is 10.3 Å². The second-order valence-corrected chi connectivity index (χ2v) is 8.42. The van der Waals surface area contributed by atoms with Gasteiger partial charge in [0.05, 0.1) is 14.2 Å². The Morgan fingerprint density at radius 3 is 2.61 bits per heavy atom. The van der Waals surface area contributed by atoms with Crippen molar-refractivity contribution in [2.24, 2.45) is 5.92 Å². The minimum atomic E-state index is 0.00877. The number of fused-ring (bicyclic) bond motifs is 1. The van der Waals surface area contributed by atoms with Crippen molar-refractivity contribution >= 4 is 39.0 Å². The third kappa shape index (κ3) is 4.79. The highest BCUT2D eigenvalue weighted by Gasteiger charge is 2.27. The van der Waals surface area contributed by atoms with Crippen LogP contribution in [0.25, 0.3) is 11.1 Å². The van der Waals surface area contributed by atoms with E-state index < -0.39 is 0 Å². The number of para-hydroxylation sites is 2. The molecule has 0 atom stereocenters. The molecule has 1 aliphatic rings. The van der Waals surface area contributed by atoms with Gasteiger partial charge in [-0.05, 0) is 49.1 Å². The van der Waals surface area contributed by atoms with Crippen molar-refractivity contribution in [3.8, 4) is 11.5 Å². The zero-order valence-electron chi connectivity index (χ0n) is 17.7. The van der Waals surface area contributed by atoms with Gasteiger partial charge in [-0.3, -0.25) is 4.79 Å². The van der Waals surface area contributed by atoms with E-state index in [9.17, 15) is 4.79 Å². The molecule has 1 aliphatic heterocycles. The van der Waals surface area contributed by atoms with Gasteiger partial charge in [-0.15, -0.1) is 0 Å². The summed E-state index contributed by atoms with van der Waals surface area (Å²) in [5, 5.41) is 3.08. The number of anilines is 1. The first kappa shape index (κ1) is 21.5. The summed E-state index contributed by atoms with van der Waals surface area (Å²) in [6, 6.07) is 12.2. The van der Waals surface area contributed by atoms with Gasteiger partial charge < -0.3 is 24.1 Å². The number of methoxy groups -OCH3 is 2. The minimum Gasteiger partial charge on any atom is -0.493 e. The van der Waals surface area contributed by atoms with Gasteiger partial charge in [-0.2, -0.15) is 4.98 Å². The molecule has 7 nitrogen and oxygen atoms in total. The second kappa shape index (κ2) is 9.60. The van der Waals surface area contributed by atoms with Gasteiger partial charge in [0.15, 0.2) is 17.1 Å². The van der Waals surface area contributed by atoms with Crippen LogP contribution < -0.4 is 19.7 Å². The lowest BCUT2D eigenvalue weighted by molar-refractivity contribution is -0.125. The highest BCUT2D eigenvalue weighted by atomic mass is 79.9. The molecule has 3 aromatic rings. The number of ether oxygens (including phenoxy) is 2. The lowest BCUT2D eigenvalue weighted by Crippen LogP contribution is -2.41. The predicted molar refractivity (Wildman–Crippen MR) is 123 cm³/mol. The number of piperidine rings is 1. The number of halogens is 1. The first-order chi connectivity index (χ1) is 15.1. The van der Waals surface area contributed by atoms with Gasteiger partial charge in [0.2, 0.25) is 5.91 Å². The SMILES string of the molecule is COc1cc(Br)c(CCNC(=O)C2CCN(c3nc4ccccc4o3)CC2)cc1OC. The quantitative estimate of drug-likeness (QED) is 0.538. The normalized spacial score (nSPS) is 14.6. The molecule has 2 aromatic carbocycles. The Bertz CT molecular complexity index is 1030. The molecule has 0 unspecified atom stereocenters. The smallest absolute Gasteiger partial charge is 0.298 e. The first-order valence-electron chi connectivity index (χ1n) is 10.4. The first-order valence-corrected chi connectivity index (χ1v) is 11.2. The van der Waals surface area contributed by atoms with Crippen LogP contribution in [0.2, 0.25) is 0 Å². The number of nitrogens with zero attached hydrogens (tertiary/aromatic N) is 2. The summed E-state index contributed by atoms with van der Waals surface area (Å²) in [6.07, 6.45) is 2.27. The molecule has 164 valence electrons. The van der Waals surface area contributed by atoms with E-state index in [1.165, 1.54) is 0 Å². The van der Waals surface area contributed by atoms with E-state index in [1.54, 1.807) is 14.2 Å². The summed E-state index contributed by atoms with van der Waals surface area (Å²) in [6.45, 7) is 2.08. The van der Waals surface area contributed by atoms with E-state index in [1.807, 2.05) is 36.4 Å². The number of nitrogens with one attached hydrogen (secondary N) is 1. The van der Waals surface area contributed by atoms with Crippen molar-refractivity contribution in [1.29, 1.82) is 0 Å². The van der Waals surface area contributed by atoms with Gasteiger partial charge >= 0.3 is 0 Å². The third-order valence-corrected chi connectivity index (χ3v) is 6.40. The van der Waals surface area contributed by atoms with Crippen LogP contribution in [0.3, 0.4) is 0 Å². The number of rotatable bonds is 7. The number of oxazole rings is 1. The molecule has 2 heterocycles. The number of benzene rings is 2. The predicted octanol–water partition coefficient (Wildman–Crippen LogP) is 4.18. The molecule has 0 spiro atoms. The number of amides is 1. The summed E-state index contributed by atoms with van der Waals surface area (Å²) in [4.78, 5) is 19.3. The number of hydrogen-bond donors (Lipinski definition) is 1. The van der Waals surface area contributed by atoms with Crippen molar-refractivity contribution < 1.29 is 18.7 Å². The fraction of sp³-hybridized carbons (Fsp3) is 0.391. The molecule has 1 saturated heterocycles. The average molecular weight is 488 g/mol. The van der Waals surface area contributed by atoms with Crippen molar-refractivity contribution in [2.45, 2.75) is 19.3 Å². The largest absolute Gasteiger partial charge is 0.493 e. The van der Waals surface area contributed by atoms with Crippen LogP contribution in [0, 0.1) is 5.92 Å². The van der Waals surface area contributed by atoms with Gasteiger partial charge in [-0.25, -0.2) is 0 Å². The van der Waals surface area contributed by atoms with E-state index in [0.717, 1.165) is 47.1 Å². The number of carbonyl (C=O) groups is 1. The molecule has 0 radical (unpaired) electrons. The molecule has 1 amide bonds. The van der Waals surface area contributed by atoms with Gasteiger partial charge in [0.1, 0.15) is 5.52 Å². The van der Waals surface area contributed by atoms with Crippen LogP contribution in [-0.2, 0) is 11.2 Å². The van der Waals surface area contributed by atoms with Crippen LogP contribution >= 0.6 is 15.9 Å². The summed E-state index contributed by atoms with van der Waals surface area (Å²) >= 11 is 3.57. The van der Waals surface area contributed by atoms with Gasteiger partial charge in [0, 0.05) is 30.0 Å². The summed E-state index contributed by atoms with van der Waals surface area (Å²) in [7, 11) is 3.23. The molecule has 1 N–H and O–H groups in total. The fourth-order valence-electron chi connectivity index (χ4n) is 3.88. The van der Waals surface area contributed by atoms with E-state index >= 15 is 0 Å². The summed E-state index contributed by atoms with van der Waals surface area (Å²) < 4.78 is 17.5. The third-order valence-electron chi connectivity index (χ3n) is 5.67. The zero-order valence-corrected chi connectivity index (χ0v) is 19.3. The Hall–Kier alpha value is -2.74. The Labute approximate surface area is 189 Å². The topological polar surface area (TPSA) is 76.8 Å². The molecule has 0 bridgehead atoms. The summed E-state index contributed by atoms with van der Waals surface area (Å²) in [5.74, 6) is 1.47. The van der Waals surface area contributed by atoms with Crippen LogP contribution in [0.15, 0.2) is 45.3 Å². The Morgan fingerprint density at radius 1 is 1.19 bits per heavy atom. The molecule has 8 heteroatoms. The molecule has 1 aromatic heterocycles. The average Bonchev–Trinajstić information content (AvgIpc) is 3.24. The van der Waals surface area contributed by atoms with E-state index in [2.05, 4.69) is 31.1 Å². The van der Waals surface area contributed by atoms with Gasteiger partial charge in [-0.1, -0.05) is 28.1 Å². The maximum atomic E-state index is 12.7. The maximum Gasteiger partial charge on any atom is 0.298 e. The molecule has 0 aliphatic carbocycles. The van der Waals surface area contributed by atoms with E-state index in [0.29, 0.717) is 30.5 Å². The standard InChI is InChI=1S/C23H26BrN3O4/c1-29-20-13-16(17(24)14-21(20)30-2)7-10-25-22(28)15-8-11-27(12-9-15)23-26-18-5-3-4-6-19(18)31-23/h3-6,13-15H,7-12H2,1-2H3,(H,25,28).